The zero-order chi connectivity index (χ0) is 29.4. The SMILES string of the molecule is COc1cc(-c2ccc(C[C@H]3C(=O)N(CCCCCSc4ccccc4)[C@@H](C)C(=O)N3C)cc2)cc(OC)c1OC. The first-order valence-electron chi connectivity index (χ1n) is 14.0. The van der Waals surface area contributed by atoms with Crippen molar-refractivity contribution in [1.82, 2.24) is 9.80 Å². The predicted octanol–water partition coefficient (Wildman–Crippen LogP) is 5.94. The highest BCUT2D eigenvalue weighted by molar-refractivity contribution is 7.99. The molecule has 2 amide bonds. The van der Waals surface area contributed by atoms with Crippen LogP contribution in [0.15, 0.2) is 71.6 Å². The first kappa shape index (κ1) is 30.3. The first-order chi connectivity index (χ1) is 19.9. The second kappa shape index (κ2) is 14.3. The number of hydrogen-bond donors (Lipinski definition) is 0. The van der Waals surface area contributed by atoms with Gasteiger partial charge in [0.25, 0.3) is 0 Å². The summed E-state index contributed by atoms with van der Waals surface area (Å²) in [5.41, 5.74) is 2.90. The van der Waals surface area contributed by atoms with Gasteiger partial charge in [0.2, 0.25) is 17.6 Å². The summed E-state index contributed by atoms with van der Waals surface area (Å²) in [4.78, 5) is 31.3. The molecule has 0 bridgehead atoms. The molecule has 0 saturated carbocycles. The summed E-state index contributed by atoms with van der Waals surface area (Å²) in [7, 11) is 6.51. The summed E-state index contributed by atoms with van der Waals surface area (Å²) < 4.78 is 16.4. The van der Waals surface area contributed by atoms with Crippen LogP contribution < -0.4 is 14.2 Å². The molecule has 0 radical (unpaired) electrons. The average Bonchev–Trinajstić information content (AvgIpc) is 3.01. The Morgan fingerprint density at radius 2 is 1.44 bits per heavy atom. The number of nitrogens with zero attached hydrogens (tertiary/aromatic N) is 2. The summed E-state index contributed by atoms with van der Waals surface area (Å²) in [6, 6.07) is 21.3. The van der Waals surface area contributed by atoms with E-state index in [0.717, 1.165) is 41.7 Å². The van der Waals surface area contributed by atoms with E-state index in [0.29, 0.717) is 30.2 Å². The Morgan fingerprint density at radius 3 is 2.05 bits per heavy atom. The van der Waals surface area contributed by atoms with Crippen LogP contribution in [0.4, 0.5) is 0 Å². The highest BCUT2D eigenvalue weighted by Crippen LogP contribution is 2.41. The molecular weight excluding hydrogens is 536 g/mol. The lowest BCUT2D eigenvalue weighted by molar-refractivity contribution is -0.159. The molecule has 1 aliphatic heterocycles. The Hall–Kier alpha value is -3.65. The van der Waals surface area contributed by atoms with Crippen LogP contribution in [0.1, 0.15) is 31.7 Å². The normalized spacial score (nSPS) is 17.1. The monoisotopic (exact) mass is 576 g/mol. The van der Waals surface area contributed by atoms with Crippen molar-refractivity contribution in [2.45, 2.75) is 49.6 Å². The molecule has 1 saturated heterocycles. The molecule has 0 aromatic heterocycles. The van der Waals surface area contributed by atoms with E-state index in [1.54, 1.807) is 38.2 Å². The molecule has 41 heavy (non-hydrogen) atoms. The molecule has 0 unspecified atom stereocenters. The molecule has 1 heterocycles. The molecule has 1 aliphatic rings. The number of likely N-dealkylation sites (N-methyl/N-ethyl adjacent to an activating group) is 1. The predicted molar refractivity (Wildman–Crippen MR) is 164 cm³/mol. The summed E-state index contributed by atoms with van der Waals surface area (Å²) in [5.74, 6) is 2.77. The lowest BCUT2D eigenvalue weighted by Crippen LogP contribution is -2.63. The number of carbonyl (C=O) groups is 2. The summed E-state index contributed by atoms with van der Waals surface area (Å²) in [6.07, 6.45) is 3.45. The highest BCUT2D eigenvalue weighted by Gasteiger charge is 2.41. The number of thioether (sulfide) groups is 1. The van der Waals surface area contributed by atoms with Gasteiger partial charge in [0, 0.05) is 24.9 Å². The van der Waals surface area contributed by atoms with Crippen molar-refractivity contribution < 1.29 is 23.8 Å². The Kier molecular flexibility index (Phi) is 10.6. The molecule has 3 aromatic carbocycles. The number of methoxy groups -OCH3 is 3. The lowest BCUT2D eigenvalue weighted by Gasteiger charge is -2.42. The quantitative estimate of drug-likeness (QED) is 0.185. The fourth-order valence-electron chi connectivity index (χ4n) is 5.23. The van der Waals surface area contributed by atoms with E-state index in [2.05, 4.69) is 24.3 Å². The topological polar surface area (TPSA) is 68.3 Å². The van der Waals surface area contributed by atoms with Gasteiger partial charge >= 0.3 is 0 Å². The maximum Gasteiger partial charge on any atom is 0.246 e. The Balaban J connectivity index is 1.38. The number of piperazine rings is 1. The molecule has 7 nitrogen and oxygen atoms in total. The van der Waals surface area contributed by atoms with E-state index in [-0.39, 0.29) is 11.8 Å². The number of ether oxygens (including phenoxy) is 3. The molecule has 8 heteroatoms. The van der Waals surface area contributed by atoms with E-state index in [9.17, 15) is 9.59 Å². The van der Waals surface area contributed by atoms with Crippen molar-refractivity contribution in [3.63, 3.8) is 0 Å². The van der Waals surface area contributed by atoms with Crippen molar-refractivity contribution in [3.8, 4) is 28.4 Å². The number of unbranched alkanes of at least 4 members (excludes halogenated alkanes) is 2. The molecule has 218 valence electrons. The fraction of sp³-hybridized carbons (Fsp3) is 0.394. The number of hydrogen-bond acceptors (Lipinski definition) is 6. The van der Waals surface area contributed by atoms with Gasteiger partial charge in [-0.3, -0.25) is 9.59 Å². The van der Waals surface area contributed by atoms with Crippen molar-refractivity contribution in [3.05, 3.63) is 72.3 Å². The minimum Gasteiger partial charge on any atom is -0.493 e. The van der Waals surface area contributed by atoms with Crippen LogP contribution in [0, 0.1) is 0 Å². The second-order valence-electron chi connectivity index (χ2n) is 10.2. The van der Waals surface area contributed by atoms with Gasteiger partial charge in [-0.1, -0.05) is 48.9 Å². The Bertz CT molecular complexity index is 1290. The van der Waals surface area contributed by atoms with Crippen molar-refractivity contribution in [2.75, 3.05) is 40.7 Å². The summed E-state index contributed by atoms with van der Waals surface area (Å²) in [5, 5.41) is 0. The molecule has 0 N–H and O–H groups in total. The number of rotatable bonds is 13. The molecule has 1 fully saturated rings. The molecule has 4 rings (SSSR count). The third kappa shape index (κ3) is 7.17. The van der Waals surface area contributed by atoms with E-state index in [1.165, 1.54) is 4.90 Å². The molecule has 2 atom stereocenters. The van der Waals surface area contributed by atoms with Gasteiger partial charge in [-0.25, -0.2) is 0 Å². The van der Waals surface area contributed by atoms with E-state index in [4.69, 9.17) is 14.2 Å². The zero-order valence-electron chi connectivity index (χ0n) is 24.6. The van der Waals surface area contributed by atoms with Gasteiger partial charge in [0.05, 0.1) is 21.3 Å². The van der Waals surface area contributed by atoms with E-state index in [1.807, 2.05) is 61.2 Å². The number of amides is 2. The standard InChI is InChI=1S/C33H40N2O5S/c1-23-32(36)34(2)28(33(37)35(23)18-10-7-11-19-41-27-12-8-6-9-13-27)20-24-14-16-25(17-15-24)26-21-29(38-3)31(40-5)30(22-26)39-4/h6,8-9,12-17,21-23,28H,7,10-11,18-20H2,1-5H3/t23-,28-/m0/s1. The molecule has 3 aromatic rings. The van der Waals surface area contributed by atoms with Crippen molar-refractivity contribution >= 4 is 23.6 Å². The van der Waals surface area contributed by atoms with Crippen LogP contribution in [-0.4, -0.2) is 74.4 Å². The van der Waals surface area contributed by atoms with Crippen LogP contribution in [-0.2, 0) is 16.0 Å². The first-order valence-corrected chi connectivity index (χ1v) is 15.0. The number of carbonyl (C=O) groups excluding carboxylic acids is 2. The summed E-state index contributed by atoms with van der Waals surface area (Å²) >= 11 is 1.86. The van der Waals surface area contributed by atoms with Crippen molar-refractivity contribution in [2.24, 2.45) is 0 Å². The van der Waals surface area contributed by atoms with E-state index >= 15 is 0 Å². The minimum atomic E-state index is -0.514. The van der Waals surface area contributed by atoms with Gasteiger partial charge in [0.15, 0.2) is 11.5 Å². The van der Waals surface area contributed by atoms with Crippen LogP contribution in [0.5, 0.6) is 17.2 Å². The zero-order valence-corrected chi connectivity index (χ0v) is 25.4. The minimum absolute atomic E-state index is 0.0109. The van der Waals surface area contributed by atoms with Gasteiger partial charge in [0.1, 0.15) is 12.1 Å². The largest absolute Gasteiger partial charge is 0.493 e. The summed E-state index contributed by atoms with van der Waals surface area (Å²) in [6.45, 7) is 2.44. The Labute approximate surface area is 247 Å². The molecular formula is C33H40N2O5S. The maximum absolute atomic E-state index is 13.6. The lowest BCUT2D eigenvalue weighted by atomic mass is 9.96. The van der Waals surface area contributed by atoms with Crippen molar-refractivity contribution in [1.29, 1.82) is 0 Å². The van der Waals surface area contributed by atoms with E-state index < -0.39 is 12.1 Å². The van der Waals surface area contributed by atoms with Gasteiger partial charge in [-0.2, -0.15) is 0 Å². The second-order valence-corrected chi connectivity index (χ2v) is 11.4. The smallest absolute Gasteiger partial charge is 0.246 e. The number of benzene rings is 3. The van der Waals surface area contributed by atoms with Crippen LogP contribution in [0.25, 0.3) is 11.1 Å². The maximum atomic E-state index is 13.6. The Morgan fingerprint density at radius 1 is 0.780 bits per heavy atom. The fourth-order valence-corrected chi connectivity index (χ4v) is 6.16. The average molecular weight is 577 g/mol. The van der Waals surface area contributed by atoms with Gasteiger partial charge < -0.3 is 24.0 Å². The highest BCUT2D eigenvalue weighted by atomic mass is 32.2. The van der Waals surface area contributed by atoms with Gasteiger partial charge in [-0.05, 0) is 66.5 Å². The van der Waals surface area contributed by atoms with Gasteiger partial charge in [-0.15, -0.1) is 11.8 Å². The molecule has 0 aliphatic carbocycles. The van der Waals surface area contributed by atoms with Crippen LogP contribution in [0.2, 0.25) is 0 Å². The third-order valence-corrected chi connectivity index (χ3v) is 8.74. The third-order valence-electron chi connectivity index (χ3n) is 7.64. The van der Waals surface area contributed by atoms with Crippen LogP contribution in [0.3, 0.4) is 0 Å². The van der Waals surface area contributed by atoms with Crippen LogP contribution >= 0.6 is 11.8 Å². The molecule has 0 spiro atoms.